The SMILES string of the molecule is O=C(CCCc1ccc(N(CCCl)CCCl)cc1)Oc1ccc(N[C@@H]2O[C@H](CO)[C@@H](O)[C@H](O)[C@@H]2F)cc1. The van der Waals surface area contributed by atoms with Gasteiger partial charge in [0.15, 0.2) is 12.4 Å². The Morgan fingerprint density at radius 2 is 1.68 bits per heavy atom. The van der Waals surface area contributed by atoms with Gasteiger partial charge in [0.1, 0.15) is 24.1 Å². The zero-order chi connectivity index (χ0) is 26.8. The van der Waals surface area contributed by atoms with E-state index in [2.05, 4.69) is 10.2 Å². The molecule has 0 spiro atoms. The van der Waals surface area contributed by atoms with E-state index >= 15 is 0 Å². The first-order valence-electron chi connectivity index (χ1n) is 12.2. The van der Waals surface area contributed by atoms with E-state index in [-0.39, 0.29) is 12.4 Å². The fourth-order valence-electron chi connectivity index (χ4n) is 4.05. The van der Waals surface area contributed by atoms with Gasteiger partial charge in [-0.25, -0.2) is 4.39 Å². The molecule has 0 aliphatic carbocycles. The van der Waals surface area contributed by atoms with Gasteiger partial charge in [0.25, 0.3) is 0 Å². The highest BCUT2D eigenvalue weighted by Crippen LogP contribution is 2.26. The Bertz CT molecular complexity index is 961. The minimum atomic E-state index is -1.90. The third kappa shape index (κ3) is 8.43. The molecule has 0 saturated carbocycles. The molecule has 1 aliphatic rings. The molecule has 1 heterocycles. The van der Waals surface area contributed by atoms with Gasteiger partial charge in [-0.2, -0.15) is 0 Å². The Morgan fingerprint density at radius 3 is 2.27 bits per heavy atom. The van der Waals surface area contributed by atoms with Crippen LogP contribution in [0.15, 0.2) is 48.5 Å². The molecule has 4 N–H and O–H groups in total. The van der Waals surface area contributed by atoms with Crippen molar-refractivity contribution in [2.24, 2.45) is 0 Å². The zero-order valence-electron chi connectivity index (χ0n) is 20.3. The summed E-state index contributed by atoms with van der Waals surface area (Å²) in [5.41, 5.74) is 2.62. The van der Waals surface area contributed by atoms with Gasteiger partial charge < -0.3 is 35.0 Å². The smallest absolute Gasteiger partial charge is 0.311 e. The number of halogens is 3. The van der Waals surface area contributed by atoms with Crippen LogP contribution in [0, 0.1) is 0 Å². The van der Waals surface area contributed by atoms with E-state index in [1.807, 2.05) is 24.3 Å². The van der Waals surface area contributed by atoms with Gasteiger partial charge in [0.2, 0.25) is 0 Å². The number of carbonyl (C=O) groups excluding carboxylic acids is 1. The molecule has 1 saturated heterocycles. The molecule has 1 fully saturated rings. The summed E-state index contributed by atoms with van der Waals surface area (Å²) in [7, 11) is 0. The van der Waals surface area contributed by atoms with E-state index in [0.29, 0.717) is 29.6 Å². The summed E-state index contributed by atoms with van der Waals surface area (Å²) in [6.45, 7) is 0.877. The van der Waals surface area contributed by atoms with E-state index in [1.165, 1.54) is 0 Å². The predicted octanol–water partition coefficient (Wildman–Crippen LogP) is 3.09. The largest absolute Gasteiger partial charge is 0.427 e. The monoisotopic (exact) mass is 558 g/mol. The first-order valence-corrected chi connectivity index (χ1v) is 13.2. The molecule has 2 aromatic carbocycles. The highest BCUT2D eigenvalue weighted by Gasteiger charge is 2.44. The van der Waals surface area contributed by atoms with E-state index in [1.54, 1.807) is 24.3 Å². The van der Waals surface area contributed by atoms with Crippen molar-refractivity contribution in [3.05, 3.63) is 54.1 Å². The molecular weight excluding hydrogens is 526 g/mol. The van der Waals surface area contributed by atoms with Crippen LogP contribution in [0.2, 0.25) is 0 Å². The van der Waals surface area contributed by atoms with Crippen molar-refractivity contribution in [3.63, 3.8) is 0 Å². The van der Waals surface area contributed by atoms with Crippen molar-refractivity contribution in [2.75, 3.05) is 41.7 Å². The Kier molecular flexibility index (Phi) is 11.7. The van der Waals surface area contributed by atoms with Gasteiger partial charge in [-0.1, -0.05) is 12.1 Å². The number of hydrogen-bond acceptors (Lipinski definition) is 8. The van der Waals surface area contributed by atoms with E-state index in [4.69, 9.17) is 32.7 Å². The van der Waals surface area contributed by atoms with E-state index < -0.39 is 37.3 Å². The fourth-order valence-corrected chi connectivity index (χ4v) is 4.45. The number of alkyl halides is 3. The van der Waals surface area contributed by atoms with E-state index in [9.17, 15) is 24.5 Å². The molecular formula is C26H33Cl2FN2O6. The molecule has 1 aliphatic heterocycles. The molecule has 0 radical (unpaired) electrons. The highest BCUT2D eigenvalue weighted by molar-refractivity contribution is 6.18. The topological polar surface area (TPSA) is 111 Å². The maximum atomic E-state index is 14.3. The zero-order valence-corrected chi connectivity index (χ0v) is 21.8. The second-order valence-electron chi connectivity index (χ2n) is 8.73. The second-order valence-corrected chi connectivity index (χ2v) is 9.49. The van der Waals surface area contributed by atoms with Crippen molar-refractivity contribution in [1.29, 1.82) is 0 Å². The fraction of sp³-hybridized carbons (Fsp3) is 0.500. The lowest BCUT2D eigenvalue weighted by Gasteiger charge is -2.39. The van der Waals surface area contributed by atoms with Crippen molar-refractivity contribution in [2.45, 2.75) is 50.0 Å². The van der Waals surface area contributed by atoms with Gasteiger partial charge in [0.05, 0.1) is 6.61 Å². The Balaban J connectivity index is 1.44. The van der Waals surface area contributed by atoms with Crippen LogP contribution >= 0.6 is 23.2 Å². The highest BCUT2D eigenvalue weighted by atomic mass is 35.5. The lowest BCUT2D eigenvalue weighted by molar-refractivity contribution is -0.204. The predicted molar refractivity (Wildman–Crippen MR) is 141 cm³/mol. The summed E-state index contributed by atoms with van der Waals surface area (Å²) >= 11 is 11.7. The summed E-state index contributed by atoms with van der Waals surface area (Å²) < 4.78 is 25.0. The van der Waals surface area contributed by atoms with Crippen LogP contribution in [0.4, 0.5) is 15.8 Å². The lowest BCUT2D eigenvalue weighted by Crippen LogP contribution is -2.59. The number of nitrogens with zero attached hydrogens (tertiary/aromatic N) is 1. The summed E-state index contributed by atoms with van der Waals surface area (Å²) in [6.07, 6.45) is -5.89. The standard InChI is InChI=1S/C26H33Cl2FN2O6/c27-12-14-31(15-13-28)19-8-4-17(5-9-19)2-1-3-22(33)36-20-10-6-18(7-11-20)30-26-23(29)25(35)24(34)21(16-32)37-26/h4-11,21,23-26,30,32,34-35H,1-3,12-16H2/t21-,23+,24-,25-,26-/m1/s1. The molecule has 204 valence electrons. The van der Waals surface area contributed by atoms with Crippen LogP contribution in [0.5, 0.6) is 5.75 Å². The van der Waals surface area contributed by atoms with Gasteiger partial charge in [-0.15, -0.1) is 23.2 Å². The van der Waals surface area contributed by atoms with Crippen molar-refractivity contribution >= 4 is 40.5 Å². The number of anilines is 2. The molecule has 37 heavy (non-hydrogen) atoms. The molecule has 8 nitrogen and oxygen atoms in total. The number of aliphatic hydroxyl groups excluding tert-OH is 3. The van der Waals surface area contributed by atoms with Crippen LogP contribution in [-0.4, -0.2) is 83.5 Å². The number of aryl methyl sites for hydroxylation is 1. The third-order valence-corrected chi connectivity index (χ3v) is 6.44. The first kappa shape index (κ1) is 29.4. The number of nitrogens with one attached hydrogen (secondary N) is 1. The summed E-state index contributed by atoms with van der Waals surface area (Å²) in [6, 6.07) is 14.4. The quantitative estimate of drug-likeness (QED) is 0.168. The average Bonchev–Trinajstić information content (AvgIpc) is 2.90. The summed E-state index contributed by atoms with van der Waals surface area (Å²) in [4.78, 5) is 14.4. The minimum absolute atomic E-state index is 0.245. The number of hydrogen-bond donors (Lipinski definition) is 4. The number of aliphatic hydroxyl groups is 3. The van der Waals surface area contributed by atoms with Gasteiger partial charge in [-0.3, -0.25) is 4.79 Å². The lowest BCUT2D eigenvalue weighted by atomic mass is 9.99. The maximum Gasteiger partial charge on any atom is 0.311 e. The van der Waals surface area contributed by atoms with Gasteiger partial charge >= 0.3 is 5.97 Å². The van der Waals surface area contributed by atoms with Crippen LogP contribution in [-0.2, 0) is 16.0 Å². The maximum absolute atomic E-state index is 14.3. The molecule has 5 atom stereocenters. The Hall–Kier alpha value is -2.14. The van der Waals surface area contributed by atoms with Crippen LogP contribution in [0.25, 0.3) is 0 Å². The Morgan fingerprint density at radius 1 is 1.03 bits per heavy atom. The number of carbonyl (C=O) groups is 1. The van der Waals surface area contributed by atoms with Crippen LogP contribution in [0.1, 0.15) is 18.4 Å². The molecule has 0 aromatic heterocycles. The van der Waals surface area contributed by atoms with Gasteiger partial charge in [-0.05, 0) is 54.8 Å². The number of benzene rings is 2. The van der Waals surface area contributed by atoms with Crippen molar-refractivity contribution < 1.29 is 34.0 Å². The number of rotatable bonds is 13. The normalized spacial score (nSPS) is 23.5. The van der Waals surface area contributed by atoms with Crippen molar-refractivity contribution in [1.82, 2.24) is 0 Å². The minimum Gasteiger partial charge on any atom is -0.427 e. The number of esters is 1. The molecule has 0 unspecified atom stereocenters. The second kappa shape index (κ2) is 14.7. The van der Waals surface area contributed by atoms with Crippen LogP contribution < -0.4 is 15.0 Å². The van der Waals surface area contributed by atoms with Gasteiger partial charge in [0, 0.05) is 42.6 Å². The Labute approximate surface area is 225 Å². The molecule has 0 bridgehead atoms. The summed E-state index contributed by atoms with van der Waals surface area (Å²) in [5, 5.41) is 31.6. The average molecular weight is 559 g/mol. The molecule has 2 aromatic rings. The molecule has 11 heteroatoms. The van der Waals surface area contributed by atoms with E-state index in [0.717, 1.165) is 30.8 Å². The first-order chi connectivity index (χ1) is 17.9. The van der Waals surface area contributed by atoms with Crippen LogP contribution in [0.3, 0.4) is 0 Å². The third-order valence-electron chi connectivity index (χ3n) is 6.10. The molecule has 3 rings (SSSR count). The molecule has 0 amide bonds. The number of ether oxygens (including phenoxy) is 2. The van der Waals surface area contributed by atoms with Crippen molar-refractivity contribution in [3.8, 4) is 5.75 Å². The summed E-state index contributed by atoms with van der Waals surface area (Å²) in [5.74, 6) is 1.01.